The van der Waals surface area contributed by atoms with E-state index < -0.39 is 0 Å². The number of hydrogen-bond acceptors (Lipinski definition) is 4. The molecule has 1 amide bonds. The van der Waals surface area contributed by atoms with Crippen molar-refractivity contribution in [1.82, 2.24) is 20.0 Å². The topological polar surface area (TPSA) is 52.2 Å². The van der Waals surface area contributed by atoms with Crippen LogP contribution in [0.2, 0.25) is 0 Å². The van der Waals surface area contributed by atoms with Crippen LogP contribution in [0.25, 0.3) is 10.6 Å². The molecule has 1 aliphatic heterocycles. The first kappa shape index (κ1) is 17.2. The van der Waals surface area contributed by atoms with Crippen LogP contribution >= 0.6 is 11.3 Å². The Bertz CT molecular complexity index is 656. The first-order valence-corrected chi connectivity index (χ1v) is 9.49. The fourth-order valence-corrected chi connectivity index (χ4v) is 3.99. The Balaban J connectivity index is 1.55. The van der Waals surface area contributed by atoms with Gasteiger partial charge in [0.1, 0.15) is 5.69 Å². The highest BCUT2D eigenvalue weighted by molar-refractivity contribution is 7.13. The van der Waals surface area contributed by atoms with E-state index in [2.05, 4.69) is 35.0 Å². The molecule has 0 aliphatic carbocycles. The largest absolute Gasteiger partial charge is 0.340 e. The lowest BCUT2D eigenvalue weighted by Crippen LogP contribution is -2.43. The summed E-state index contributed by atoms with van der Waals surface area (Å²) in [7, 11) is 1.89. The van der Waals surface area contributed by atoms with Crippen molar-refractivity contribution < 1.29 is 4.79 Å². The minimum Gasteiger partial charge on any atom is -0.340 e. The van der Waals surface area contributed by atoms with Crippen molar-refractivity contribution in [3.63, 3.8) is 0 Å². The Hall–Kier alpha value is -1.66. The number of carbonyl (C=O) groups is 1. The number of amides is 1. The number of likely N-dealkylation sites (tertiary alicyclic amines) is 1. The second-order valence-corrected chi connectivity index (χ2v) is 7.80. The normalized spacial score (nSPS) is 16.7. The van der Waals surface area contributed by atoms with Gasteiger partial charge in [-0.05, 0) is 57.3 Å². The van der Waals surface area contributed by atoms with Gasteiger partial charge in [0.2, 0.25) is 5.91 Å². The summed E-state index contributed by atoms with van der Waals surface area (Å²) in [5.41, 5.74) is 1.93. The summed E-state index contributed by atoms with van der Waals surface area (Å²) in [5.74, 6) is 0.412. The fourth-order valence-electron chi connectivity index (χ4n) is 3.30. The van der Waals surface area contributed by atoms with Crippen molar-refractivity contribution in [3.05, 3.63) is 29.3 Å². The second kappa shape index (κ2) is 7.49. The molecule has 130 valence electrons. The van der Waals surface area contributed by atoms with Gasteiger partial charge in [-0.15, -0.1) is 11.3 Å². The Morgan fingerprint density at radius 3 is 2.83 bits per heavy atom. The zero-order valence-electron chi connectivity index (χ0n) is 14.7. The summed E-state index contributed by atoms with van der Waals surface area (Å²) in [6.45, 7) is 7.07. The molecule has 6 heteroatoms. The molecule has 1 N–H and O–H groups in total. The average Bonchev–Trinajstić information content (AvgIpc) is 3.25. The van der Waals surface area contributed by atoms with Gasteiger partial charge in [-0.3, -0.25) is 9.89 Å². The number of nitrogens with one attached hydrogen (secondary N) is 1. The highest BCUT2D eigenvalue weighted by Gasteiger charge is 2.28. The highest BCUT2D eigenvalue weighted by atomic mass is 32.1. The van der Waals surface area contributed by atoms with Gasteiger partial charge in [0.25, 0.3) is 0 Å². The molecule has 0 bridgehead atoms. The predicted octanol–water partition coefficient (Wildman–Crippen LogP) is 3.22. The van der Waals surface area contributed by atoms with Crippen LogP contribution in [0.3, 0.4) is 0 Å². The summed E-state index contributed by atoms with van der Waals surface area (Å²) in [6.07, 6.45) is 1.93. The molecule has 0 aromatic carbocycles. The Morgan fingerprint density at radius 2 is 2.21 bits per heavy atom. The molecule has 1 saturated heterocycles. The van der Waals surface area contributed by atoms with Crippen molar-refractivity contribution in [2.75, 3.05) is 20.1 Å². The van der Waals surface area contributed by atoms with Crippen LogP contribution in [0.4, 0.5) is 0 Å². The number of H-pyrrole nitrogens is 1. The van der Waals surface area contributed by atoms with E-state index in [1.807, 2.05) is 29.5 Å². The minimum atomic E-state index is 0.157. The third-order valence-corrected chi connectivity index (χ3v) is 5.69. The molecule has 0 unspecified atom stereocenters. The molecule has 1 fully saturated rings. The maximum atomic E-state index is 12.7. The number of aromatic nitrogens is 2. The number of hydrogen-bond donors (Lipinski definition) is 1. The Labute approximate surface area is 147 Å². The van der Waals surface area contributed by atoms with E-state index in [9.17, 15) is 4.79 Å². The monoisotopic (exact) mass is 346 g/mol. The van der Waals surface area contributed by atoms with Gasteiger partial charge in [-0.1, -0.05) is 6.07 Å². The van der Waals surface area contributed by atoms with Crippen molar-refractivity contribution in [3.8, 4) is 10.6 Å². The molecule has 1 aliphatic rings. The van der Waals surface area contributed by atoms with E-state index in [4.69, 9.17) is 0 Å². The third-order valence-electron chi connectivity index (χ3n) is 4.80. The van der Waals surface area contributed by atoms with Gasteiger partial charge in [-0.2, -0.15) is 5.10 Å². The lowest BCUT2D eigenvalue weighted by atomic mass is 9.94. The molecular weight excluding hydrogens is 320 g/mol. The van der Waals surface area contributed by atoms with E-state index in [-0.39, 0.29) is 11.8 Å². The summed E-state index contributed by atoms with van der Waals surface area (Å²) in [6, 6.07) is 6.69. The van der Waals surface area contributed by atoms with Crippen LogP contribution in [-0.2, 0) is 11.3 Å². The quantitative estimate of drug-likeness (QED) is 0.904. The van der Waals surface area contributed by atoms with Gasteiger partial charge in [0, 0.05) is 19.0 Å². The van der Waals surface area contributed by atoms with Gasteiger partial charge in [-0.25, -0.2) is 0 Å². The second-order valence-electron chi connectivity index (χ2n) is 6.85. The SMILES string of the molecule is CC(C)N1CCC(C(=O)N(C)Cc2cc(-c3cccs3)n[nH]2)CC1. The van der Waals surface area contributed by atoms with Crippen LogP contribution in [0, 0.1) is 5.92 Å². The molecule has 0 saturated carbocycles. The fraction of sp³-hybridized carbons (Fsp3) is 0.556. The van der Waals surface area contributed by atoms with E-state index >= 15 is 0 Å². The molecule has 2 aromatic heterocycles. The van der Waals surface area contributed by atoms with E-state index in [1.165, 1.54) is 0 Å². The van der Waals surface area contributed by atoms with Gasteiger partial charge >= 0.3 is 0 Å². The summed E-state index contributed by atoms with van der Waals surface area (Å²) in [5, 5.41) is 9.46. The number of aromatic amines is 1. The first-order valence-electron chi connectivity index (χ1n) is 8.61. The maximum absolute atomic E-state index is 12.7. The van der Waals surface area contributed by atoms with Crippen molar-refractivity contribution >= 4 is 17.2 Å². The smallest absolute Gasteiger partial charge is 0.225 e. The number of piperidine rings is 1. The lowest BCUT2D eigenvalue weighted by Gasteiger charge is -2.35. The Kier molecular flexibility index (Phi) is 5.36. The molecule has 24 heavy (non-hydrogen) atoms. The summed E-state index contributed by atoms with van der Waals surface area (Å²) >= 11 is 1.67. The molecule has 0 radical (unpaired) electrons. The number of nitrogens with zero attached hydrogens (tertiary/aromatic N) is 3. The van der Waals surface area contributed by atoms with E-state index in [1.54, 1.807) is 11.3 Å². The zero-order valence-corrected chi connectivity index (χ0v) is 15.5. The van der Waals surface area contributed by atoms with Gasteiger partial charge < -0.3 is 9.80 Å². The summed E-state index contributed by atoms with van der Waals surface area (Å²) < 4.78 is 0. The van der Waals surface area contributed by atoms with Crippen LogP contribution in [0.15, 0.2) is 23.6 Å². The van der Waals surface area contributed by atoms with Gasteiger partial charge in [0.15, 0.2) is 0 Å². The molecule has 2 aromatic rings. The zero-order chi connectivity index (χ0) is 17.1. The third kappa shape index (κ3) is 3.87. The standard InChI is InChI=1S/C18H26N4OS/c1-13(2)22-8-6-14(7-9-22)18(23)21(3)12-15-11-16(20-19-15)17-5-4-10-24-17/h4-5,10-11,13-14H,6-9,12H2,1-3H3,(H,19,20). The lowest BCUT2D eigenvalue weighted by molar-refractivity contribution is -0.136. The molecular formula is C18H26N4OS. The van der Waals surface area contributed by atoms with Crippen molar-refractivity contribution in [1.29, 1.82) is 0 Å². The minimum absolute atomic E-state index is 0.157. The van der Waals surface area contributed by atoms with Crippen LogP contribution in [0.5, 0.6) is 0 Å². The summed E-state index contributed by atoms with van der Waals surface area (Å²) in [4.78, 5) is 18.1. The number of thiophene rings is 1. The van der Waals surface area contributed by atoms with Crippen LogP contribution in [0.1, 0.15) is 32.4 Å². The van der Waals surface area contributed by atoms with Crippen LogP contribution in [-0.4, -0.2) is 52.1 Å². The molecule has 0 atom stereocenters. The highest BCUT2D eigenvalue weighted by Crippen LogP contribution is 2.24. The van der Waals surface area contributed by atoms with Crippen LogP contribution < -0.4 is 0 Å². The first-order chi connectivity index (χ1) is 11.5. The van der Waals surface area contributed by atoms with Gasteiger partial charge in [0.05, 0.1) is 17.1 Å². The average molecular weight is 347 g/mol. The predicted molar refractivity (Wildman–Crippen MR) is 97.8 cm³/mol. The van der Waals surface area contributed by atoms with Crippen molar-refractivity contribution in [2.24, 2.45) is 5.92 Å². The number of rotatable bonds is 5. The number of carbonyl (C=O) groups excluding carboxylic acids is 1. The Morgan fingerprint density at radius 1 is 1.46 bits per heavy atom. The maximum Gasteiger partial charge on any atom is 0.225 e. The molecule has 3 rings (SSSR count). The molecule has 5 nitrogen and oxygen atoms in total. The van der Waals surface area contributed by atoms with E-state index in [0.29, 0.717) is 12.6 Å². The van der Waals surface area contributed by atoms with Crippen molar-refractivity contribution in [2.45, 2.75) is 39.3 Å². The van der Waals surface area contributed by atoms with E-state index in [0.717, 1.165) is 42.2 Å². The molecule has 3 heterocycles. The molecule has 0 spiro atoms.